The van der Waals surface area contributed by atoms with Gasteiger partial charge in [0.25, 0.3) is 0 Å². The average Bonchev–Trinajstić information content (AvgIpc) is 2.76. The summed E-state index contributed by atoms with van der Waals surface area (Å²) in [6.07, 6.45) is 4.90. The molecule has 1 N–H and O–H groups in total. The molecule has 0 bridgehead atoms. The normalized spacial score (nSPS) is 30.5. The first-order valence-corrected chi connectivity index (χ1v) is 4.04. The maximum atomic E-state index is 9.37. The second kappa shape index (κ2) is 2.50. The highest BCUT2D eigenvalue weighted by molar-refractivity contribution is 6.68. The molecule has 0 radical (unpaired) electrons. The van der Waals surface area contributed by atoms with E-state index in [1.165, 1.54) is 0 Å². The molecule has 1 atom stereocenters. The van der Waals surface area contributed by atoms with Crippen LogP contribution >= 0.6 is 11.6 Å². The Labute approximate surface area is 70.0 Å². The number of rotatable bonds is 1. The molecule has 4 heteroatoms. The summed E-state index contributed by atoms with van der Waals surface area (Å²) in [7, 11) is 0. The summed E-state index contributed by atoms with van der Waals surface area (Å²) < 4.78 is 0. The molecule has 1 aliphatic heterocycles. The molecule has 3 nitrogen and oxygen atoms in total. The van der Waals surface area contributed by atoms with Gasteiger partial charge in [0.15, 0.2) is 6.23 Å². The van der Waals surface area contributed by atoms with Crippen LogP contribution in [0.4, 0.5) is 0 Å². The van der Waals surface area contributed by atoms with Gasteiger partial charge in [0, 0.05) is 0 Å². The van der Waals surface area contributed by atoms with Gasteiger partial charge in [0.2, 0.25) is 0 Å². The van der Waals surface area contributed by atoms with Gasteiger partial charge < -0.3 is 5.11 Å². The molecule has 0 amide bonds. The maximum absolute atomic E-state index is 9.37. The fraction of sp³-hybridized carbons (Fsp3) is 0.571. The molecule has 0 aromatic rings. The molecule has 0 saturated heterocycles. The number of aliphatic hydroxyl groups excluding tert-OH is 1. The van der Waals surface area contributed by atoms with Gasteiger partial charge in [0.05, 0.1) is 6.04 Å². The van der Waals surface area contributed by atoms with Crippen LogP contribution < -0.4 is 0 Å². The third-order valence-electron chi connectivity index (χ3n) is 1.81. The van der Waals surface area contributed by atoms with Gasteiger partial charge in [-0.2, -0.15) is 5.10 Å². The zero-order valence-electron chi connectivity index (χ0n) is 5.94. The summed E-state index contributed by atoms with van der Waals surface area (Å²) in [5.74, 6) is 0. The fourth-order valence-electron chi connectivity index (χ4n) is 1.09. The number of nitrogens with zero attached hydrogens (tertiary/aromatic N) is 2. The summed E-state index contributed by atoms with van der Waals surface area (Å²) in [5, 5.41) is 15.5. The number of hydrogen-bond acceptors (Lipinski definition) is 3. The molecule has 2 aliphatic rings. The molecule has 2 rings (SSSR count). The van der Waals surface area contributed by atoms with Gasteiger partial charge in [-0.15, -0.1) is 0 Å². The van der Waals surface area contributed by atoms with E-state index in [1.807, 2.05) is 0 Å². The lowest BCUT2D eigenvalue weighted by Crippen LogP contribution is -2.33. The van der Waals surface area contributed by atoms with Crippen LogP contribution in [0.1, 0.15) is 12.8 Å². The second-order valence-corrected chi connectivity index (χ2v) is 3.19. The first kappa shape index (κ1) is 7.13. The van der Waals surface area contributed by atoms with Crippen molar-refractivity contribution in [3.8, 4) is 0 Å². The van der Waals surface area contributed by atoms with Gasteiger partial charge in [0.1, 0.15) is 5.17 Å². The molecule has 1 saturated carbocycles. The molecule has 11 heavy (non-hydrogen) atoms. The van der Waals surface area contributed by atoms with Crippen LogP contribution in [0.15, 0.2) is 17.3 Å². The quantitative estimate of drug-likeness (QED) is 0.638. The largest absolute Gasteiger partial charge is 0.369 e. The van der Waals surface area contributed by atoms with E-state index in [1.54, 1.807) is 17.2 Å². The van der Waals surface area contributed by atoms with Crippen molar-refractivity contribution in [3.63, 3.8) is 0 Å². The first-order chi connectivity index (χ1) is 5.27. The molecule has 0 aromatic carbocycles. The van der Waals surface area contributed by atoms with Crippen molar-refractivity contribution < 1.29 is 5.11 Å². The first-order valence-electron chi connectivity index (χ1n) is 3.66. The molecular weight excluding hydrogens is 164 g/mol. The lowest BCUT2D eigenvalue weighted by molar-refractivity contribution is 0.0359. The van der Waals surface area contributed by atoms with Crippen LogP contribution in [0, 0.1) is 0 Å². The number of aliphatic hydroxyl groups is 1. The van der Waals surface area contributed by atoms with E-state index in [-0.39, 0.29) is 0 Å². The molecular formula is C7H9ClN2O. The van der Waals surface area contributed by atoms with Gasteiger partial charge in [-0.25, -0.2) is 0 Å². The second-order valence-electron chi connectivity index (χ2n) is 2.81. The summed E-state index contributed by atoms with van der Waals surface area (Å²) in [6, 6.07) is 0.406. The smallest absolute Gasteiger partial charge is 0.162 e. The summed E-state index contributed by atoms with van der Waals surface area (Å²) in [6.45, 7) is 0. The van der Waals surface area contributed by atoms with E-state index in [9.17, 15) is 5.11 Å². The van der Waals surface area contributed by atoms with Gasteiger partial charge in [-0.1, -0.05) is 11.6 Å². The Morgan fingerprint density at radius 1 is 1.64 bits per heavy atom. The third-order valence-corrected chi connectivity index (χ3v) is 2.01. The van der Waals surface area contributed by atoms with Crippen molar-refractivity contribution in [3.05, 3.63) is 12.2 Å². The predicted molar refractivity (Wildman–Crippen MR) is 43.3 cm³/mol. The number of hydrazone groups is 1. The highest BCUT2D eigenvalue weighted by atomic mass is 35.5. The monoisotopic (exact) mass is 172 g/mol. The molecule has 0 aromatic heterocycles. The number of halogens is 1. The van der Waals surface area contributed by atoms with E-state index in [0.29, 0.717) is 11.2 Å². The lowest BCUT2D eigenvalue weighted by Gasteiger charge is -2.24. The standard InChI is InChI=1S/C7H9ClN2O/c8-6-3-4-7(11)10(9-6)5-1-2-5/h3-5,7,11H,1-2H2. The van der Waals surface area contributed by atoms with Crippen LogP contribution in [-0.2, 0) is 0 Å². The molecule has 1 unspecified atom stereocenters. The van der Waals surface area contributed by atoms with Crippen LogP contribution in [-0.4, -0.2) is 27.6 Å². The topological polar surface area (TPSA) is 35.8 Å². The zero-order chi connectivity index (χ0) is 7.84. The Morgan fingerprint density at radius 2 is 2.36 bits per heavy atom. The van der Waals surface area contributed by atoms with E-state index in [0.717, 1.165) is 12.8 Å². The summed E-state index contributed by atoms with van der Waals surface area (Å²) in [4.78, 5) is 0. The zero-order valence-corrected chi connectivity index (χ0v) is 6.70. The van der Waals surface area contributed by atoms with E-state index in [2.05, 4.69) is 5.10 Å². The van der Waals surface area contributed by atoms with Gasteiger partial charge in [-0.05, 0) is 25.0 Å². The average molecular weight is 173 g/mol. The highest BCUT2D eigenvalue weighted by Crippen LogP contribution is 2.30. The minimum atomic E-state index is -0.579. The molecule has 1 fully saturated rings. The number of allylic oxidation sites excluding steroid dienone is 1. The van der Waals surface area contributed by atoms with Crippen molar-refractivity contribution in [2.45, 2.75) is 25.1 Å². The highest BCUT2D eigenvalue weighted by Gasteiger charge is 2.32. The number of hydrogen-bond donors (Lipinski definition) is 1. The Kier molecular flexibility index (Phi) is 1.62. The van der Waals surface area contributed by atoms with Gasteiger partial charge in [-0.3, -0.25) is 5.01 Å². The molecule has 1 heterocycles. The van der Waals surface area contributed by atoms with E-state index < -0.39 is 6.23 Å². The predicted octanol–water partition coefficient (Wildman–Crippen LogP) is 0.891. The van der Waals surface area contributed by atoms with Crippen LogP contribution in [0.3, 0.4) is 0 Å². The van der Waals surface area contributed by atoms with Crippen LogP contribution in [0.25, 0.3) is 0 Å². The maximum Gasteiger partial charge on any atom is 0.162 e. The van der Waals surface area contributed by atoms with Crippen molar-refractivity contribution in [1.29, 1.82) is 0 Å². The minimum Gasteiger partial charge on any atom is -0.369 e. The SMILES string of the molecule is OC1C=CC(Cl)=NN1C1CC1. The molecule has 1 aliphatic carbocycles. The summed E-state index contributed by atoms with van der Waals surface area (Å²) >= 11 is 5.66. The Hall–Kier alpha value is -0.540. The van der Waals surface area contributed by atoms with Crippen molar-refractivity contribution in [1.82, 2.24) is 5.01 Å². The summed E-state index contributed by atoms with van der Waals surface area (Å²) in [5.41, 5.74) is 0. The van der Waals surface area contributed by atoms with Crippen LogP contribution in [0.5, 0.6) is 0 Å². The van der Waals surface area contributed by atoms with E-state index in [4.69, 9.17) is 11.6 Å². The lowest BCUT2D eigenvalue weighted by atomic mass is 10.4. The van der Waals surface area contributed by atoms with Gasteiger partial charge >= 0.3 is 0 Å². The molecule has 0 spiro atoms. The van der Waals surface area contributed by atoms with Crippen molar-refractivity contribution in [2.24, 2.45) is 5.10 Å². The minimum absolute atomic E-state index is 0.406. The Balaban J connectivity index is 2.12. The Bertz CT molecular complexity index is 222. The Morgan fingerprint density at radius 3 is 3.00 bits per heavy atom. The van der Waals surface area contributed by atoms with E-state index >= 15 is 0 Å². The third kappa shape index (κ3) is 1.39. The molecule has 60 valence electrons. The van der Waals surface area contributed by atoms with Crippen LogP contribution in [0.2, 0.25) is 0 Å². The van der Waals surface area contributed by atoms with Crippen molar-refractivity contribution in [2.75, 3.05) is 0 Å². The van der Waals surface area contributed by atoms with Crippen molar-refractivity contribution >= 4 is 16.8 Å². The fourth-order valence-corrected chi connectivity index (χ4v) is 1.25.